The van der Waals surface area contributed by atoms with Gasteiger partial charge in [-0.15, -0.1) is 0 Å². The van der Waals surface area contributed by atoms with Gasteiger partial charge < -0.3 is 20.4 Å². The van der Waals surface area contributed by atoms with Crippen molar-refractivity contribution < 1.29 is 61.3 Å². The topological polar surface area (TPSA) is 201 Å². The molecular weight excluding hydrogens is 520 g/mol. The van der Waals surface area contributed by atoms with Crippen LogP contribution >= 0.6 is 0 Å². The molecule has 12 nitrogen and oxygen atoms in total. The van der Waals surface area contributed by atoms with Gasteiger partial charge in [-0.1, -0.05) is 24.3 Å². The van der Waals surface area contributed by atoms with E-state index in [1.54, 1.807) is 48.5 Å². The van der Waals surface area contributed by atoms with Crippen LogP contribution in [0.3, 0.4) is 0 Å². The molecule has 0 spiro atoms. The minimum absolute atomic E-state index is 0. The molecule has 0 fully saturated rings. The summed E-state index contributed by atoms with van der Waals surface area (Å²) in [7, 11) is 0. The van der Waals surface area contributed by atoms with E-state index >= 15 is 0 Å². The molecule has 0 aliphatic carbocycles. The van der Waals surface area contributed by atoms with Crippen molar-refractivity contribution in [3.63, 3.8) is 0 Å². The molecule has 37 heavy (non-hydrogen) atoms. The first kappa shape index (κ1) is 32.2. The van der Waals surface area contributed by atoms with Gasteiger partial charge in [0.2, 0.25) is 0 Å². The molecule has 0 aromatic carbocycles. The van der Waals surface area contributed by atoms with E-state index in [2.05, 4.69) is 19.9 Å². The Hall–Kier alpha value is -4.81. The molecule has 4 N–H and O–H groups in total. The molecule has 0 saturated heterocycles. The summed E-state index contributed by atoms with van der Waals surface area (Å²) in [5, 5.41) is 33.3. The molecule has 13 heteroatoms. The van der Waals surface area contributed by atoms with Crippen molar-refractivity contribution in [2.45, 2.75) is 0 Å². The summed E-state index contributed by atoms with van der Waals surface area (Å²) in [6.07, 6.45) is 5.79. The van der Waals surface area contributed by atoms with Gasteiger partial charge in [-0.25, -0.2) is 39.1 Å². The summed E-state index contributed by atoms with van der Waals surface area (Å²) in [5.41, 5.74) is 0.324. The first-order valence-electron chi connectivity index (χ1n) is 9.79. The largest absolute Gasteiger partial charge is 0.477 e. The van der Waals surface area contributed by atoms with Gasteiger partial charge in [0, 0.05) is 46.5 Å². The summed E-state index contributed by atoms with van der Waals surface area (Å²) < 4.78 is 0. The molecule has 4 aromatic heterocycles. The Morgan fingerprint density at radius 3 is 0.676 bits per heavy atom. The first-order chi connectivity index (χ1) is 17.2. The number of rotatable bonds is 4. The second-order valence-electron chi connectivity index (χ2n) is 6.08. The van der Waals surface area contributed by atoms with Gasteiger partial charge in [0.05, 0.1) is 0 Å². The number of carbonyl (C=O) groups is 4. The van der Waals surface area contributed by atoms with Crippen molar-refractivity contribution in [2.24, 2.45) is 0 Å². The van der Waals surface area contributed by atoms with E-state index in [0.717, 1.165) is 0 Å². The maximum absolute atomic E-state index is 10.1. The Kier molecular flexibility index (Phi) is 16.1. The van der Waals surface area contributed by atoms with Gasteiger partial charge in [0.25, 0.3) is 0 Å². The molecule has 0 aliphatic heterocycles. The van der Waals surface area contributed by atoms with Gasteiger partial charge in [0.1, 0.15) is 22.8 Å². The number of nitrogens with zero attached hydrogens (tertiary/aromatic N) is 4. The quantitative estimate of drug-likeness (QED) is 0.276. The van der Waals surface area contributed by atoms with Gasteiger partial charge in [-0.2, -0.15) is 0 Å². The Morgan fingerprint density at radius 1 is 0.405 bits per heavy atom. The van der Waals surface area contributed by atoms with E-state index in [1.807, 2.05) is 0 Å². The Balaban J connectivity index is 0.000000463. The molecule has 0 bridgehead atoms. The molecule has 4 rings (SSSR count). The van der Waals surface area contributed by atoms with Crippen LogP contribution < -0.4 is 0 Å². The Bertz CT molecular complexity index is 1030. The average molecular weight is 540 g/mol. The zero-order chi connectivity index (χ0) is 26.8. The molecule has 4 aromatic rings. The summed E-state index contributed by atoms with van der Waals surface area (Å²) >= 11 is 0. The van der Waals surface area contributed by atoms with E-state index < -0.39 is 23.9 Å². The molecule has 0 unspecified atom stereocenters. The van der Waals surface area contributed by atoms with Crippen molar-refractivity contribution in [1.82, 2.24) is 19.9 Å². The summed E-state index contributed by atoms with van der Waals surface area (Å²) in [4.78, 5) is 54.9. The Labute approximate surface area is 225 Å². The number of carboxylic acid groups (broad SMARTS) is 4. The maximum atomic E-state index is 10.1. The van der Waals surface area contributed by atoms with Crippen LogP contribution in [0.15, 0.2) is 97.6 Å². The fraction of sp³-hybridized carbons (Fsp3) is 0. The number of aromatic nitrogens is 4. The number of pyridine rings is 4. The number of hydrogen-bond donors (Lipinski definition) is 4. The minimum atomic E-state index is -0.990. The van der Waals surface area contributed by atoms with Crippen LogP contribution in [0, 0.1) is 0 Å². The minimum Gasteiger partial charge on any atom is -0.477 e. The summed E-state index contributed by atoms with van der Waals surface area (Å²) in [6, 6.07) is 19.0. The SMILES string of the molecule is O=C(O)c1ccccn1.O=C(O)c1ccccn1.O=C(O)c1ccccn1.O=C(O)c1ccccn1.[Ti]. The van der Waals surface area contributed by atoms with Gasteiger partial charge in [-0.3, -0.25) is 0 Å². The van der Waals surface area contributed by atoms with E-state index in [9.17, 15) is 19.2 Å². The van der Waals surface area contributed by atoms with Crippen molar-refractivity contribution >= 4 is 23.9 Å². The van der Waals surface area contributed by atoms with E-state index in [4.69, 9.17) is 20.4 Å². The number of carboxylic acids is 4. The summed E-state index contributed by atoms with van der Waals surface area (Å²) in [5.74, 6) is -3.96. The van der Waals surface area contributed by atoms with Crippen LogP contribution in [0.2, 0.25) is 0 Å². The average Bonchev–Trinajstić information content (AvgIpc) is 2.92. The maximum Gasteiger partial charge on any atom is 0.354 e. The monoisotopic (exact) mass is 540 g/mol. The predicted molar refractivity (Wildman–Crippen MR) is 125 cm³/mol. The molecule has 0 radical (unpaired) electrons. The predicted octanol–water partition coefficient (Wildman–Crippen LogP) is 3.12. The molecule has 188 valence electrons. The second-order valence-corrected chi connectivity index (χ2v) is 6.08. The zero-order valence-electron chi connectivity index (χ0n) is 18.9. The third kappa shape index (κ3) is 14.3. The third-order valence-corrected chi connectivity index (χ3v) is 3.54. The van der Waals surface area contributed by atoms with Crippen molar-refractivity contribution in [2.75, 3.05) is 0 Å². The molecule has 0 amide bonds. The molecular formula is C24H20N4O8Ti. The van der Waals surface area contributed by atoms with E-state index in [1.165, 1.54) is 49.1 Å². The van der Waals surface area contributed by atoms with Crippen molar-refractivity contribution in [3.05, 3.63) is 120 Å². The normalized spacial score (nSPS) is 8.65. The molecule has 0 aliphatic rings. The van der Waals surface area contributed by atoms with Gasteiger partial charge in [0.15, 0.2) is 0 Å². The van der Waals surface area contributed by atoms with Crippen LogP contribution in [-0.2, 0) is 21.7 Å². The molecule has 0 saturated carbocycles. The van der Waals surface area contributed by atoms with Crippen molar-refractivity contribution in [3.8, 4) is 0 Å². The molecule has 0 atom stereocenters. The van der Waals surface area contributed by atoms with E-state index in [-0.39, 0.29) is 44.5 Å². The number of aromatic carboxylic acids is 4. The van der Waals surface area contributed by atoms with E-state index in [0.29, 0.717) is 0 Å². The standard InChI is InChI=1S/4C6H5NO2.Ti/c4*8-6(9)5-3-1-2-4-7-5;/h4*1-4H,(H,8,9);. The number of hydrogen-bond acceptors (Lipinski definition) is 8. The zero-order valence-corrected chi connectivity index (χ0v) is 20.5. The van der Waals surface area contributed by atoms with Crippen LogP contribution in [0.25, 0.3) is 0 Å². The van der Waals surface area contributed by atoms with Crippen LogP contribution in [-0.4, -0.2) is 64.2 Å². The van der Waals surface area contributed by atoms with Crippen LogP contribution in [0.1, 0.15) is 42.0 Å². The van der Waals surface area contributed by atoms with Crippen LogP contribution in [0.5, 0.6) is 0 Å². The fourth-order valence-corrected chi connectivity index (χ4v) is 1.96. The van der Waals surface area contributed by atoms with Gasteiger partial charge in [-0.05, 0) is 48.5 Å². The Morgan fingerprint density at radius 2 is 0.595 bits per heavy atom. The van der Waals surface area contributed by atoms with Gasteiger partial charge >= 0.3 is 23.9 Å². The van der Waals surface area contributed by atoms with Crippen molar-refractivity contribution in [1.29, 1.82) is 0 Å². The van der Waals surface area contributed by atoms with Crippen LogP contribution in [0.4, 0.5) is 0 Å². The third-order valence-electron chi connectivity index (χ3n) is 3.54. The second kappa shape index (κ2) is 18.5. The fourth-order valence-electron chi connectivity index (χ4n) is 1.96. The first-order valence-corrected chi connectivity index (χ1v) is 9.79. The summed E-state index contributed by atoms with van der Waals surface area (Å²) in [6.45, 7) is 0. The smallest absolute Gasteiger partial charge is 0.354 e. The molecule has 4 heterocycles.